The average Bonchev–Trinajstić information content (AvgIpc) is 2.36. The van der Waals surface area contributed by atoms with Crippen molar-refractivity contribution in [3.8, 4) is 0 Å². The van der Waals surface area contributed by atoms with Gasteiger partial charge in [0, 0.05) is 7.11 Å². The summed E-state index contributed by atoms with van der Waals surface area (Å²) in [6, 6.07) is 8.11. The standard InChI is InChI=1S/C15H24O2/c1-5-12-8-6-7-9-13(12)14(16)10-11-15(2,3)17-4/h6-9,14,16H,5,10-11H2,1-4H3. The van der Waals surface area contributed by atoms with E-state index in [1.54, 1.807) is 7.11 Å². The van der Waals surface area contributed by atoms with E-state index >= 15 is 0 Å². The molecule has 1 rings (SSSR count). The maximum Gasteiger partial charge on any atom is 0.0793 e. The maximum absolute atomic E-state index is 10.2. The smallest absolute Gasteiger partial charge is 0.0793 e. The van der Waals surface area contributed by atoms with Crippen molar-refractivity contribution < 1.29 is 9.84 Å². The average molecular weight is 236 g/mol. The number of aliphatic hydroxyl groups excluding tert-OH is 1. The van der Waals surface area contributed by atoms with Gasteiger partial charge in [0.05, 0.1) is 11.7 Å². The van der Waals surface area contributed by atoms with Crippen LogP contribution in [-0.2, 0) is 11.2 Å². The number of rotatable bonds is 6. The molecule has 1 unspecified atom stereocenters. The minimum atomic E-state index is -0.388. The van der Waals surface area contributed by atoms with E-state index in [0.29, 0.717) is 0 Å². The van der Waals surface area contributed by atoms with Crippen molar-refractivity contribution in [1.82, 2.24) is 0 Å². The molecule has 96 valence electrons. The fourth-order valence-corrected chi connectivity index (χ4v) is 1.92. The molecule has 2 nitrogen and oxygen atoms in total. The third-order valence-corrected chi connectivity index (χ3v) is 3.37. The van der Waals surface area contributed by atoms with Gasteiger partial charge in [-0.15, -0.1) is 0 Å². The van der Waals surface area contributed by atoms with E-state index in [-0.39, 0.29) is 11.7 Å². The third-order valence-electron chi connectivity index (χ3n) is 3.37. The SMILES string of the molecule is CCc1ccccc1C(O)CCC(C)(C)OC. The number of aliphatic hydroxyl groups is 1. The molecule has 0 aliphatic heterocycles. The van der Waals surface area contributed by atoms with E-state index in [2.05, 4.69) is 13.0 Å². The fraction of sp³-hybridized carbons (Fsp3) is 0.600. The van der Waals surface area contributed by atoms with E-state index in [1.807, 2.05) is 32.0 Å². The molecule has 1 aromatic carbocycles. The molecule has 0 aliphatic rings. The van der Waals surface area contributed by atoms with E-state index < -0.39 is 0 Å². The quantitative estimate of drug-likeness (QED) is 0.819. The molecule has 1 atom stereocenters. The van der Waals surface area contributed by atoms with Crippen LogP contribution in [0.1, 0.15) is 50.8 Å². The van der Waals surface area contributed by atoms with Crippen molar-refractivity contribution in [2.24, 2.45) is 0 Å². The van der Waals surface area contributed by atoms with Crippen LogP contribution in [0.2, 0.25) is 0 Å². The Morgan fingerprint density at radius 1 is 1.29 bits per heavy atom. The summed E-state index contributed by atoms with van der Waals surface area (Å²) in [6.45, 7) is 6.21. The first-order valence-corrected chi connectivity index (χ1v) is 6.31. The second kappa shape index (κ2) is 6.18. The van der Waals surface area contributed by atoms with E-state index in [0.717, 1.165) is 24.8 Å². The Kier molecular flexibility index (Phi) is 5.16. The number of benzene rings is 1. The Bertz CT molecular complexity index is 345. The zero-order chi connectivity index (χ0) is 12.9. The molecular weight excluding hydrogens is 212 g/mol. The first kappa shape index (κ1) is 14.2. The first-order valence-electron chi connectivity index (χ1n) is 6.31. The summed E-state index contributed by atoms with van der Waals surface area (Å²) in [4.78, 5) is 0. The second-order valence-corrected chi connectivity index (χ2v) is 5.07. The normalized spacial score (nSPS) is 13.7. The summed E-state index contributed by atoms with van der Waals surface area (Å²) >= 11 is 0. The predicted octanol–water partition coefficient (Wildman–Crippen LogP) is 3.49. The molecular formula is C15H24O2. The van der Waals surface area contributed by atoms with Crippen LogP contribution in [0.3, 0.4) is 0 Å². The summed E-state index contributed by atoms with van der Waals surface area (Å²) in [6.07, 6.45) is 2.15. The molecule has 1 N–H and O–H groups in total. The third kappa shape index (κ3) is 4.14. The highest BCUT2D eigenvalue weighted by molar-refractivity contribution is 5.28. The van der Waals surface area contributed by atoms with Crippen molar-refractivity contribution in [2.45, 2.75) is 51.7 Å². The van der Waals surface area contributed by atoms with Crippen LogP contribution in [0, 0.1) is 0 Å². The lowest BCUT2D eigenvalue weighted by Gasteiger charge is -2.24. The molecule has 1 aromatic rings. The summed E-state index contributed by atoms with van der Waals surface area (Å²) in [5.74, 6) is 0. The molecule has 0 saturated carbocycles. The molecule has 0 bridgehead atoms. The number of hydrogen-bond acceptors (Lipinski definition) is 2. The highest BCUT2D eigenvalue weighted by Gasteiger charge is 2.19. The van der Waals surface area contributed by atoms with Crippen molar-refractivity contribution in [1.29, 1.82) is 0 Å². The second-order valence-electron chi connectivity index (χ2n) is 5.07. The van der Waals surface area contributed by atoms with Gasteiger partial charge in [0.25, 0.3) is 0 Å². The van der Waals surface area contributed by atoms with Crippen LogP contribution < -0.4 is 0 Å². The highest BCUT2D eigenvalue weighted by atomic mass is 16.5. The summed E-state index contributed by atoms with van der Waals surface area (Å²) in [5, 5.41) is 10.2. The van der Waals surface area contributed by atoms with Crippen LogP contribution in [0.5, 0.6) is 0 Å². The number of methoxy groups -OCH3 is 1. The van der Waals surface area contributed by atoms with Gasteiger partial charge in [0.15, 0.2) is 0 Å². The molecule has 0 fully saturated rings. The Morgan fingerprint density at radius 3 is 2.53 bits per heavy atom. The monoisotopic (exact) mass is 236 g/mol. The van der Waals surface area contributed by atoms with E-state index in [9.17, 15) is 5.11 Å². The van der Waals surface area contributed by atoms with Crippen molar-refractivity contribution in [2.75, 3.05) is 7.11 Å². The van der Waals surface area contributed by atoms with Gasteiger partial charge in [-0.05, 0) is 44.2 Å². The van der Waals surface area contributed by atoms with Crippen molar-refractivity contribution >= 4 is 0 Å². The van der Waals surface area contributed by atoms with Gasteiger partial charge in [0.2, 0.25) is 0 Å². The van der Waals surface area contributed by atoms with Crippen LogP contribution in [0.25, 0.3) is 0 Å². The summed E-state index contributed by atoms with van der Waals surface area (Å²) in [5.41, 5.74) is 2.12. The van der Waals surface area contributed by atoms with E-state index in [4.69, 9.17) is 4.74 Å². The molecule has 0 aliphatic carbocycles. The zero-order valence-corrected chi connectivity index (χ0v) is 11.4. The van der Waals surface area contributed by atoms with Crippen molar-refractivity contribution in [3.05, 3.63) is 35.4 Å². The Hall–Kier alpha value is -0.860. The minimum absolute atomic E-state index is 0.165. The molecule has 0 heterocycles. The molecule has 0 amide bonds. The predicted molar refractivity (Wildman–Crippen MR) is 71.1 cm³/mol. The van der Waals surface area contributed by atoms with Gasteiger partial charge < -0.3 is 9.84 Å². The molecule has 17 heavy (non-hydrogen) atoms. The van der Waals surface area contributed by atoms with Gasteiger partial charge in [-0.2, -0.15) is 0 Å². The first-order chi connectivity index (χ1) is 8.00. The molecule has 2 heteroatoms. The minimum Gasteiger partial charge on any atom is -0.388 e. The maximum atomic E-state index is 10.2. The Balaban J connectivity index is 2.67. The topological polar surface area (TPSA) is 29.5 Å². The van der Waals surface area contributed by atoms with Gasteiger partial charge in [-0.25, -0.2) is 0 Å². The molecule has 0 saturated heterocycles. The Morgan fingerprint density at radius 2 is 1.94 bits per heavy atom. The highest BCUT2D eigenvalue weighted by Crippen LogP contribution is 2.26. The van der Waals surface area contributed by atoms with Crippen LogP contribution >= 0.6 is 0 Å². The zero-order valence-electron chi connectivity index (χ0n) is 11.4. The van der Waals surface area contributed by atoms with Gasteiger partial charge >= 0.3 is 0 Å². The van der Waals surface area contributed by atoms with Gasteiger partial charge in [-0.3, -0.25) is 0 Å². The largest absolute Gasteiger partial charge is 0.388 e. The van der Waals surface area contributed by atoms with Gasteiger partial charge in [0.1, 0.15) is 0 Å². The number of aryl methyl sites for hydroxylation is 1. The van der Waals surface area contributed by atoms with Crippen LogP contribution in [0.4, 0.5) is 0 Å². The molecule has 0 aromatic heterocycles. The number of hydrogen-bond donors (Lipinski definition) is 1. The van der Waals surface area contributed by atoms with Crippen LogP contribution in [0.15, 0.2) is 24.3 Å². The van der Waals surface area contributed by atoms with E-state index in [1.165, 1.54) is 5.56 Å². The van der Waals surface area contributed by atoms with Crippen molar-refractivity contribution in [3.63, 3.8) is 0 Å². The lowest BCUT2D eigenvalue weighted by molar-refractivity contribution is 0.00271. The summed E-state index contributed by atoms with van der Waals surface area (Å²) in [7, 11) is 1.71. The summed E-state index contributed by atoms with van der Waals surface area (Å²) < 4.78 is 5.37. The van der Waals surface area contributed by atoms with Crippen LogP contribution in [-0.4, -0.2) is 17.8 Å². The number of ether oxygens (including phenoxy) is 1. The lowest BCUT2D eigenvalue weighted by atomic mass is 9.93. The fourth-order valence-electron chi connectivity index (χ4n) is 1.92. The Labute approximate surface area is 105 Å². The van der Waals surface area contributed by atoms with Gasteiger partial charge in [-0.1, -0.05) is 31.2 Å². The molecule has 0 radical (unpaired) electrons. The molecule has 0 spiro atoms. The lowest BCUT2D eigenvalue weighted by Crippen LogP contribution is -2.23.